The lowest BCUT2D eigenvalue weighted by molar-refractivity contribution is -0.136. The van der Waals surface area contributed by atoms with Gasteiger partial charge in [-0.15, -0.1) is 0 Å². The molecule has 2 rings (SSSR count). The number of halogens is 1. The summed E-state index contributed by atoms with van der Waals surface area (Å²) in [5.41, 5.74) is 0.798. The second kappa shape index (κ2) is 6.34. The van der Waals surface area contributed by atoms with Crippen molar-refractivity contribution in [3.63, 3.8) is 0 Å². The predicted molar refractivity (Wildman–Crippen MR) is 90.6 cm³/mol. The summed E-state index contributed by atoms with van der Waals surface area (Å²) in [7, 11) is 0. The number of nitrogens with one attached hydrogen (secondary N) is 1. The first-order valence-electron chi connectivity index (χ1n) is 7.10. The Morgan fingerprint density at radius 1 is 1.24 bits per heavy atom. The highest BCUT2D eigenvalue weighted by Crippen LogP contribution is 2.24. The summed E-state index contributed by atoms with van der Waals surface area (Å²) in [6, 6.07) is 7.66. The molecule has 0 aliphatic carbocycles. The lowest BCUT2D eigenvalue weighted by Gasteiger charge is -2.32. The molecule has 5 heteroatoms. The van der Waals surface area contributed by atoms with Crippen LogP contribution in [0, 0.1) is 8.99 Å². The molecule has 1 aromatic carbocycles. The zero-order valence-electron chi connectivity index (χ0n) is 12.6. The van der Waals surface area contributed by atoms with Gasteiger partial charge in [0.25, 0.3) is 0 Å². The molecule has 1 saturated heterocycles. The zero-order chi connectivity index (χ0) is 15.6. The first-order valence-corrected chi connectivity index (χ1v) is 8.18. The molecule has 1 N–H and O–H groups in total. The molecule has 0 saturated carbocycles. The Morgan fingerprint density at radius 2 is 1.86 bits per heavy atom. The van der Waals surface area contributed by atoms with E-state index in [-0.39, 0.29) is 17.2 Å². The van der Waals surface area contributed by atoms with Crippen LogP contribution in [0.1, 0.15) is 32.8 Å². The van der Waals surface area contributed by atoms with Crippen LogP contribution in [0.25, 0.3) is 0 Å². The van der Waals surface area contributed by atoms with E-state index in [9.17, 15) is 9.59 Å². The molecule has 2 amide bonds. The van der Waals surface area contributed by atoms with E-state index >= 15 is 0 Å². The van der Waals surface area contributed by atoms with Crippen molar-refractivity contribution in [1.29, 1.82) is 0 Å². The highest BCUT2D eigenvalue weighted by Gasteiger charge is 2.37. The van der Waals surface area contributed by atoms with Crippen molar-refractivity contribution < 1.29 is 9.59 Å². The first-order chi connectivity index (χ1) is 9.77. The summed E-state index contributed by atoms with van der Waals surface area (Å²) in [6.45, 7) is 6.96. The largest absolute Gasteiger partial charge is 0.344 e. The van der Waals surface area contributed by atoms with Crippen molar-refractivity contribution >= 4 is 34.4 Å². The number of rotatable bonds is 2. The number of nitrogens with zero attached hydrogens (tertiary/aromatic N) is 1. The predicted octanol–water partition coefficient (Wildman–Crippen LogP) is 2.55. The van der Waals surface area contributed by atoms with E-state index in [1.54, 1.807) is 4.90 Å². The summed E-state index contributed by atoms with van der Waals surface area (Å²) in [6.07, 6.45) is 0.364. The molecule has 1 fully saturated rings. The molecule has 1 aliphatic rings. The minimum atomic E-state index is -0.462. The smallest absolute Gasteiger partial charge is 0.246 e. The molecule has 0 bridgehead atoms. The Morgan fingerprint density at radius 3 is 2.43 bits per heavy atom. The molecular weight excluding hydrogens is 379 g/mol. The van der Waals surface area contributed by atoms with Gasteiger partial charge in [-0.05, 0) is 45.7 Å². The van der Waals surface area contributed by atoms with Gasteiger partial charge in [0, 0.05) is 23.1 Å². The Hall–Kier alpha value is -1.11. The molecule has 114 valence electrons. The van der Waals surface area contributed by atoms with E-state index in [1.165, 1.54) is 3.57 Å². The molecule has 1 unspecified atom stereocenters. The van der Waals surface area contributed by atoms with Crippen LogP contribution in [0.5, 0.6) is 0 Å². The minimum Gasteiger partial charge on any atom is -0.344 e. The van der Waals surface area contributed by atoms with Crippen molar-refractivity contribution in [1.82, 2.24) is 10.2 Å². The van der Waals surface area contributed by atoms with E-state index in [0.29, 0.717) is 19.5 Å². The fourth-order valence-electron chi connectivity index (χ4n) is 2.38. The molecule has 0 spiro atoms. The van der Waals surface area contributed by atoms with Crippen LogP contribution in [0.15, 0.2) is 24.3 Å². The maximum Gasteiger partial charge on any atom is 0.246 e. The average molecular weight is 400 g/mol. The number of benzene rings is 1. The van der Waals surface area contributed by atoms with Gasteiger partial charge in [-0.1, -0.05) is 32.9 Å². The second-order valence-corrected chi connectivity index (χ2v) is 7.75. The standard InChI is InChI=1S/C16H21IN2O2/c1-16(2,3)14-15(21)19(9-8-13(20)18-14)10-11-4-6-12(17)7-5-11/h4-7,14H,8-10H2,1-3H3,(H,18,20). The van der Waals surface area contributed by atoms with Crippen molar-refractivity contribution in [3.8, 4) is 0 Å². The van der Waals surface area contributed by atoms with Crippen molar-refractivity contribution in [2.24, 2.45) is 5.41 Å². The van der Waals surface area contributed by atoms with Crippen LogP contribution in [0.3, 0.4) is 0 Å². The summed E-state index contributed by atoms with van der Waals surface area (Å²) < 4.78 is 1.17. The molecule has 4 nitrogen and oxygen atoms in total. The molecule has 1 aromatic rings. The molecule has 0 aromatic heterocycles. The van der Waals surface area contributed by atoms with Gasteiger partial charge in [-0.25, -0.2) is 0 Å². The number of carbonyl (C=O) groups excluding carboxylic acids is 2. The van der Waals surface area contributed by atoms with Crippen molar-refractivity contribution in [3.05, 3.63) is 33.4 Å². The molecule has 1 heterocycles. The Kier molecular flexibility index (Phi) is 4.91. The van der Waals surface area contributed by atoms with Crippen LogP contribution >= 0.6 is 22.6 Å². The number of hydrogen-bond acceptors (Lipinski definition) is 2. The third-order valence-corrected chi connectivity index (χ3v) is 4.34. The quantitative estimate of drug-likeness (QED) is 0.776. The summed E-state index contributed by atoms with van der Waals surface area (Å²) in [5, 5.41) is 2.86. The van der Waals surface area contributed by atoms with Crippen LogP contribution in [-0.2, 0) is 16.1 Å². The summed E-state index contributed by atoms with van der Waals surface area (Å²) >= 11 is 2.26. The topological polar surface area (TPSA) is 49.4 Å². The lowest BCUT2D eigenvalue weighted by Crippen LogP contribution is -2.51. The van der Waals surface area contributed by atoms with Gasteiger partial charge < -0.3 is 10.2 Å². The maximum atomic E-state index is 12.7. The minimum absolute atomic E-state index is 0.00639. The zero-order valence-corrected chi connectivity index (χ0v) is 14.8. The third-order valence-electron chi connectivity index (χ3n) is 3.63. The van der Waals surface area contributed by atoms with Gasteiger partial charge in [-0.2, -0.15) is 0 Å². The Labute approximate surface area is 139 Å². The average Bonchev–Trinajstić information content (AvgIpc) is 2.54. The highest BCUT2D eigenvalue weighted by molar-refractivity contribution is 14.1. The SMILES string of the molecule is CC(C)(C)C1NC(=O)CCN(Cc2ccc(I)cc2)C1=O. The molecule has 21 heavy (non-hydrogen) atoms. The van der Waals surface area contributed by atoms with Crippen LogP contribution < -0.4 is 5.32 Å². The van der Waals surface area contributed by atoms with Gasteiger partial charge in [-0.3, -0.25) is 9.59 Å². The van der Waals surface area contributed by atoms with E-state index in [1.807, 2.05) is 45.0 Å². The van der Waals surface area contributed by atoms with Gasteiger partial charge in [0.15, 0.2) is 0 Å². The lowest BCUT2D eigenvalue weighted by atomic mass is 9.86. The van der Waals surface area contributed by atoms with E-state index in [0.717, 1.165) is 5.56 Å². The van der Waals surface area contributed by atoms with Crippen molar-refractivity contribution in [2.75, 3.05) is 6.54 Å². The number of amides is 2. The Balaban J connectivity index is 2.19. The van der Waals surface area contributed by atoms with E-state index < -0.39 is 6.04 Å². The van der Waals surface area contributed by atoms with Crippen LogP contribution in [0.2, 0.25) is 0 Å². The number of hydrogen-bond donors (Lipinski definition) is 1. The fraction of sp³-hybridized carbons (Fsp3) is 0.500. The molecule has 1 atom stereocenters. The van der Waals surface area contributed by atoms with Crippen LogP contribution in [0.4, 0.5) is 0 Å². The van der Waals surface area contributed by atoms with Gasteiger partial charge in [0.1, 0.15) is 6.04 Å². The number of carbonyl (C=O) groups is 2. The van der Waals surface area contributed by atoms with Gasteiger partial charge in [0.2, 0.25) is 11.8 Å². The first kappa shape index (κ1) is 16.3. The fourth-order valence-corrected chi connectivity index (χ4v) is 2.74. The maximum absolute atomic E-state index is 12.7. The van der Waals surface area contributed by atoms with E-state index in [2.05, 4.69) is 27.9 Å². The molecule has 0 radical (unpaired) electrons. The third kappa shape index (κ3) is 4.18. The molecule has 1 aliphatic heterocycles. The summed E-state index contributed by atoms with van der Waals surface area (Å²) in [4.78, 5) is 26.3. The molecular formula is C16H21IN2O2. The normalized spacial score (nSPS) is 20.2. The summed E-state index contributed by atoms with van der Waals surface area (Å²) in [5.74, 6) is -0.0414. The second-order valence-electron chi connectivity index (χ2n) is 6.50. The van der Waals surface area contributed by atoms with Gasteiger partial charge in [0.05, 0.1) is 0 Å². The van der Waals surface area contributed by atoms with Crippen molar-refractivity contribution in [2.45, 2.75) is 39.8 Å². The highest BCUT2D eigenvalue weighted by atomic mass is 127. The Bertz CT molecular complexity index is 534. The van der Waals surface area contributed by atoms with Gasteiger partial charge >= 0.3 is 0 Å². The van der Waals surface area contributed by atoms with E-state index in [4.69, 9.17) is 0 Å². The van der Waals surface area contributed by atoms with Crippen LogP contribution in [-0.4, -0.2) is 29.3 Å². The monoisotopic (exact) mass is 400 g/mol.